The van der Waals surface area contributed by atoms with E-state index in [0.29, 0.717) is 17.7 Å². The minimum Gasteiger partial charge on any atom is -0.307 e. The Morgan fingerprint density at radius 2 is 0.531 bits per heavy atom. The van der Waals surface area contributed by atoms with Gasteiger partial charge in [0.05, 0.1) is 55.5 Å². The van der Waals surface area contributed by atoms with Crippen LogP contribution in [0, 0.1) is 0 Å². The highest BCUT2D eigenvalue weighted by Crippen LogP contribution is 2.42. The van der Waals surface area contributed by atoms with Crippen molar-refractivity contribution in [3.8, 4) is 34.7 Å². The molecule has 0 saturated carbocycles. The van der Waals surface area contributed by atoms with E-state index in [4.69, 9.17) is 15.0 Å². The van der Waals surface area contributed by atoms with Gasteiger partial charge in [0.2, 0.25) is 11.9 Å². The zero-order valence-corrected chi connectivity index (χ0v) is 34.3. The van der Waals surface area contributed by atoms with Gasteiger partial charge in [-0.25, -0.2) is 0 Å². The van der Waals surface area contributed by atoms with Gasteiger partial charge >= 0.3 is 0 Å². The van der Waals surface area contributed by atoms with Gasteiger partial charge in [-0.05, 0) is 48.5 Å². The Morgan fingerprint density at radius 3 is 0.906 bits per heavy atom. The third kappa shape index (κ3) is 4.83. The molecule has 5 heterocycles. The van der Waals surface area contributed by atoms with Crippen LogP contribution in [0.5, 0.6) is 0 Å². The Kier molecular flexibility index (Phi) is 7.27. The molecule has 0 spiro atoms. The van der Waals surface area contributed by atoms with Crippen molar-refractivity contribution in [1.29, 1.82) is 0 Å². The number of rotatable bonds is 5. The molecular weight excluding hydrogens is 783 g/mol. The molecule has 5 aromatic heterocycles. The van der Waals surface area contributed by atoms with Crippen molar-refractivity contribution >= 4 is 87.2 Å². The lowest BCUT2D eigenvalue weighted by molar-refractivity contribution is 0.890. The SMILES string of the molecule is c1ccc(-c2nc(-n3c4ccccc4c4cccc(-n5c6ccccc6c6ccccc65)c43)nc(-n3c4ccccc4c4cccc(-n5c6ccccc6c6ccccc65)c43)n2)cc1. The first-order chi connectivity index (χ1) is 31.8. The molecule has 0 amide bonds. The van der Waals surface area contributed by atoms with Crippen molar-refractivity contribution in [1.82, 2.24) is 33.2 Å². The van der Waals surface area contributed by atoms with E-state index in [1.807, 2.05) is 18.2 Å². The average molecular weight is 818 g/mol. The van der Waals surface area contributed by atoms with Crippen LogP contribution in [-0.2, 0) is 0 Å². The second-order valence-electron chi connectivity index (χ2n) is 16.4. The first-order valence-electron chi connectivity index (χ1n) is 21.6. The predicted molar refractivity (Wildman–Crippen MR) is 263 cm³/mol. The smallest absolute Gasteiger partial charge is 0.240 e. The number of para-hydroxylation sites is 8. The highest BCUT2D eigenvalue weighted by molar-refractivity contribution is 6.16. The van der Waals surface area contributed by atoms with Crippen LogP contribution in [0.15, 0.2) is 212 Å². The van der Waals surface area contributed by atoms with Gasteiger partial charge in [0.15, 0.2) is 5.82 Å². The van der Waals surface area contributed by atoms with Crippen LogP contribution >= 0.6 is 0 Å². The molecule has 0 aliphatic carbocycles. The number of nitrogens with zero attached hydrogens (tertiary/aromatic N) is 7. The third-order valence-electron chi connectivity index (χ3n) is 13.0. The van der Waals surface area contributed by atoms with Crippen LogP contribution in [0.4, 0.5) is 0 Å². The Labute approximate surface area is 366 Å². The monoisotopic (exact) mass is 817 g/mol. The van der Waals surface area contributed by atoms with Gasteiger partial charge < -0.3 is 9.13 Å². The number of benzene rings is 9. The molecule has 298 valence electrons. The maximum absolute atomic E-state index is 5.62. The fraction of sp³-hybridized carbons (Fsp3) is 0. The van der Waals surface area contributed by atoms with Crippen LogP contribution < -0.4 is 0 Å². The lowest BCUT2D eigenvalue weighted by Gasteiger charge is -2.16. The molecule has 0 bridgehead atoms. The topological polar surface area (TPSA) is 58.4 Å². The maximum Gasteiger partial charge on any atom is 0.240 e. The van der Waals surface area contributed by atoms with E-state index in [1.54, 1.807) is 0 Å². The van der Waals surface area contributed by atoms with Crippen molar-refractivity contribution in [3.63, 3.8) is 0 Å². The van der Waals surface area contributed by atoms with Crippen LogP contribution in [0.3, 0.4) is 0 Å². The molecule has 7 heteroatoms. The molecule has 14 rings (SSSR count). The normalized spacial score (nSPS) is 12.1. The van der Waals surface area contributed by atoms with Gasteiger partial charge in [0.1, 0.15) is 0 Å². The minimum absolute atomic E-state index is 0.531. The lowest BCUT2D eigenvalue weighted by Crippen LogP contribution is -2.11. The molecule has 0 atom stereocenters. The van der Waals surface area contributed by atoms with E-state index in [1.165, 1.54) is 21.5 Å². The van der Waals surface area contributed by atoms with Crippen molar-refractivity contribution in [3.05, 3.63) is 212 Å². The van der Waals surface area contributed by atoms with Crippen LogP contribution in [0.1, 0.15) is 0 Å². The van der Waals surface area contributed by atoms with Gasteiger partial charge in [0, 0.05) is 48.7 Å². The van der Waals surface area contributed by atoms with Crippen molar-refractivity contribution in [2.45, 2.75) is 0 Å². The molecule has 0 radical (unpaired) electrons. The van der Waals surface area contributed by atoms with Crippen LogP contribution in [0.2, 0.25) is 0 Å². The summed E-state index contributed by atoms with van der Waals surface area (Å²) in [5.41, 5.74) is 11.6. The number of aromatic nitrogens is 7. The molecule has 7 nitrogen and oxygen atoms in total. The lowest BCUT2D eigenvalue weighted by atomic mass is 10.1. The Hall–Kier alpha value is -8.81. The summed E-state index contributed by atoms with van der Waals surface area (Å²) < 4.78 is 9.30. The van der Waals surface area contributed by atoms with Crippen LogP contribution in [0.25, 0.3) is 122 Å². The van der Waals surface area contributed by atoms with Gasteiger partial charge in [0.25, 0.3) is 0 Å². The first kappa shape index (κ1) is 34.9. The summed E-state index contributed by atoms with van der Waals surface area (Å²) >= 11 is 0. The molecule has 0 fully saturated rings. The summed E-state index contributed by atoms with van der Waals surface area (Å²) in [5.74, 6) is 1.65. The highest BCUT2D eigenvalue weighted by atomic mass is 15.3. The van der Waals surface area contributed by atoms with Crippen molar-refractivity contribution in [2.75, 3.05) is 0 Å². The van der Waals surface area contributed by atoms with E-state index >= 15 is 0 Å². The van der Waals surface area contributed by atoms with Gasteiger partial charge in [-0.15, -0.1) is 0 Å². The predicted octanol–water partition coefficient (Wildman–Crippen LogP) is 13.9. The Bertz CT molecular complexity index is 3850. The number of hydrogen-bond acceptors (Lipinski definition) is 3. The minimum atomic E-state index is 0.531. The Morgan fingerprint density at radius 1 is 0.234 bits per heavy atom. The first-order valence-corrected chi connectivity index (χ1v) is 21.6. The van der Waals surface area contributed by atoms with E-state index in [2.05, 4.69) is 212 Å². The second kappa shape index (κ2) is 13.3. The Balaban J connectivity index is 1.13. The van der Waals surface area contributed by atoms with E-state index < -0.39 is 0 Å². The average Bonchev–Trinajstić information content (AvgIpc) is 4.10. The number of hydrogen-bond donors (Lipinski definition) is 0. The summed E-state index contributed by atoms with van der Waals surface area (Å²) in [5, 5.41) is 9.29. The van der Waals surface area contributed by atoms with Gasteiger partial charge in [-0.3, -0.25) is 9.13 Å². The molecule has 0 saturated heterocycles. The summed E-state index contributed by atoms with van der Waals surface area (Å²) in [7, 11) is 0. The molecular formula is C57H35N7. The van der Waals surface area contributed by atoms with E-state index in [-0.39, 0.29) is 0 Å². The second-order valence-corrected chi connectivity index (χ2v) is 16.4. The third-order valence-corrected chi connectivity index (χ3v) is 13.0. The fourth-order valence-electron chi connectivity index (χ4n) is 10.4. The standard InChI is InChI=1S/C57H35N7/c1-2-18-36(19-3-1)55-58-56(63-49-32-14-8-24-41(49)43-26-16-34-51(53(43)63)61-45-28-10-4-20-37(45)38-21-5-11-29-46(38)61)60-57(59-55)64-50-33-15-9-25-42(50)44-27-17-35-52(54(44)64)62-47-30-12-6-22-39(47)40-23-7-13-31-48(40)62/h1-35H. The summed E-state index contributed by atoms with van der Waals surface area (Å²) in [6.07, 6.45) is 0. The largest absolute Gasteiger partial charge is 0.307 e. The highest BCUT2D eigenvalue weighted by Gasteiger charge is 2.25. The molecule has 14 aromatic rings. The van der Waals surface area contributed by atoms with Gasteiger partial charge in [-0.2, -0.15) is 15.0 Å². The van der Waals surface area contributed by atoms with E-state index in [0.717, 1.165) is 82.6 Å². The van der Waals surface area contributed by atoms with Crippen molar-refractivity contribution < 1.29 is 0 Å². The zero-order valence-electron chi connectivity index (χ0n) is 34.3. The summed E-state index contributed by atoms with van der Waals surface area (Å²) in [6.45, 7) is 0. The van der Waals surface area contributed by atoms with E-state index in [9.17, 15) is 0 Å². The quantitative estimate of drug-likeness (QED) is 0.174. The molecule has 9 aromatic carbocycles. The molecule has 0 aliphatic heterocycles. The fourth-order valence-corrected chi connectivity index (χ4v) is 10.4. The maximum atomic E-state index is 5.62. The summed E-state index contributed by atoms with van der Waals surface area (Å²) in [6, 6.07) is 75.4. The van der Waals surface area contributed by atoms with Crippen LogP contribution in [-0.4, -0.2) is 33.2 Å². The molecule has 0 aliphatic rings. The van der Waals surface area contributed by atoms with Crippen molar-refractivity contribution in [2.24, 2.45) is 0 Å². The zero-order chi connectivity index (χ0) is 41.9. The molecule has 0 N–H and O–H groups in total. The molecule has 64 heavy (non-hydrogen) atoms. The molecule has 0 unspecified atom stereocenters. The van der Waals surface area contributed by atoms with Gasteiger partial charge in [-0.1, -0.05) is 164 Å². The number of fused-ring (bicyclic) bond motifs is 12. The summed E-state index contributed by atoms with van der Waals surface area (Å²) in [4.78, 5) is 16.5.